The summed E-state index contributed by atoms with van der Waals surface area (Å²) < 4.78 is 77.8. The molecule has 2 amide bonds. The molecule has 0 unspecified atom stereocenters. The first kappa shape index (κ1) is 25.2. The summed E-state index contributed by atoms with van der Waals surface area (Å²) in [6.07, 6.45) is -4.38. The van der Waals surface area contributed by atoms with Crippen molar-refractivity contribution in [3.8, 4) is 0 Å². The van der Waals surface area contributed by atoms with E-state index in [1.165, 1.54) is 7.05 Å². The first-order valence-corrected chi connectivity index (χ1v) is 10.2. The Hall–Kier alpha value is -3.07. The quantitative estimate of drug-likeness (QED) is 0.394. The van der Waals surface area contributed by atoms with Crippen LogP contribution in [-0.4, -0.2) is 61.6 Å². The topological polar surface area (TPSA) is 138 Å². The highest BCUT2D eigenvalue weighted by molar-refractivity contribution is 7.91. The van der Waals surface area contributed by atoms with Crippen LogP contribution in [0.25, 0.3) is 0 Å². The van der Waals surface area contributed by atoms with Crippen LogP contribution in [0.1, 0.15) is 23.0 Å². The highest BCUT2D eigenvalue weighted by Crippen LogP contribution is 2.26. The maximum Gasteiger partial charge on any atom is 0.432 e. The average Bonchev–Trinajstić information content (AvgIpc) is 2.67. The smallest absolute Gasteiger partial charge is 0.379 e. The van der Waals surface area contributed by atoms with Crippen LogP contribution in [0.2, 0.25) is 0 Å². The summed E-state index contributed by atoms with van der Waals surface area (Å²) in [7, 11) is 1.90. The Bertz CT molecular complexity index is 1170. The van der Waals surface area contributed by atoms with Crippen molar-refractivity contribution >= 4 is 40.9 Å². The molecular weight excluding hydrogens is 459 g/mol. The zero-order valence-electron chi connectivity index (χ0n) is 16.5. The fourth-order valence-corrected chi connectivity index (χ4v) is 4.04. The number of carbonyl (C=O) groups is 2. The SMILES string of the molecule is [B]c1cnc(NC(=O)[C@@](C)(O)CS(=O)(=O)c2ccc(C(=O)NC)c(F)c2)nc1C(F)(F)F. The second kappa shape index (κ2) is 8.82. The lowest BCUT2D eigenvalue weighted by molar-refractivity contribution is -0.140. The van der Waals surface area contributed by atoms with Gasteiger partial charge >= 0.3 is 6.18 Å². The number of aromatic nitrogens is 2. The third-order valence-electron chi connectivity index (χ3n) is 4.04. The lowest BCUT2D eigenvalue weighted by Crippen LogP contribution is -2.46. The molecule has 0 fully saturated rings. The average molecular weight is 474 g/mol. The highest BCUT2D eigenvalue weighted by atomic mass is 32.2. The van der Waals surface area contributed by atoms with Crippen molar-refractivity contribution in [3.63, 3.8) is 0 Å². The van der Waals surface area contributed by atoms with Crippen LogP contribution >= 0.6 is 0 Å². The predicted molar refractivity (Wildman–Crippen MR) is 104 cm³/mol. The van der Waals surface area contributed by atoms with Crippen LogP contribution in [-0.2, 0) is 20.8 Å². The van der Waals surface area contributed by atoms with Gasteiger partial charge in [-0.3, -0.25) is 14.9 Å². The molecule has 15 heteroatoms. The number of halogens is 4. The minimum Gasteiger partial charge on any atom is -0.379 e. The molecule has 1 atom stereocenters. The standard InChI is InChI=1S/C17H15BF4N4O5S/c1-16(29,14(28)26-15-24-6-10(18)12(25-15)17(20,21)22)7-32(30,31)8-3-4-9(11(19)5-8)13(27)23-2/h3-6,29H,7H2,1-2H3,(H,23,27)(H,24,25,26,28)/t16-/m0/s1. The Morgan fingerprint density at radius 2 is 1.88 bits per heavy atom. The molecule has 0 saturated carbocycles. The number of nitrogens with zero attached hydrogens (tertiary/aromatic N) is 2. The number of alkyl halides is 3. The molecule has 0 saturated heterocycles. The molecule has 0 aliphatic rings. The van der Waals surface area contributed by atoms with Crippen LogP contribution < -0.4 is 16.1 Å². The molecule has 0 aliphatic heterocycles. The molecule has 1 aromatic heterocycles. The number of amides is 2. The number of carbonyl (C=O) groups excluding carboxylic acids is 2. The number of aliphatic hydroxyl groups is 1. The Morgan fingerprint density at radius 3 is 2.41 bits per heavy atom. The Kier molecular flexibility index (Phi) is 6.95. The molecule has 0 bridgehead atoms. The first-order chi connectivity index (χ1) is 14.6. The highest BCUT2D eigenvalue weighted by Gasteiger charge is 2.39. The van der Waals surface area contributed by atoms with Crippen molar-refractivity contribution < 1.29 is 40.7 Å². The Balaban J connectivity index is 2.26. The number of hydrogen-bond acceptors (Lipinski definition) is 7. The van der Waals surface area contributed by atoms with E-state index in [0.29, 0.717) is 12.3 Å². The molecule has 2 rings (SSSR count). The fraction of sp³-hybridized carbons (Fsp3) is 0.294. The summed E-state index contributed by atoms with van der Waals surface area (Å²) in [6.45, 7) is 0.775. The van der Waals surface area contributed by atoms with E-state index in [-0.39, 0.29) is 0 Å². The summed E-state index contributed by atoms with van der Waals surface area (Å²) in [5.41, 5.74) is -5.47. The van der Waals surface area contributed by atoms with Gasteiger partial charge in [-0.2, -0.15) is 13.2 Å². The van der Waals surface area contributed by atoms with Crippen LogP contribution in [0, 0.1) is 5.82 Å². The monoisotopic (exact) mass is 474 g/mol. The van der Waals surface area contributed by atoms with Gasteiger partial charge in [-0.25, -0.2) is 22.8 Å². The van der Waals surface area contributed by atoms with Gasteiger partial charge in [0.05, 0.1) is 16.2 Å². The number of nitrogens with one attached hydrogen (secondary N) is 2. The van der Waals surface area contributed by atoms with Gasteiger partial charge in [0.25, 0.3) is 11.8 Å². The summed E-state index contributed by atoms with van der Waals surface area (Å²) in [5.74, 6) is -5.56. The molecular formula is C17H15BF4N4O5S. The lowest BCUT2D eigenvalue weighted by atomic mass is 9.96. The third-order valence-corrected chi connectivity index (χ3v) is 5.96. The molecule has 2 aromatic rings. The third kappa shape index (κ3) is 5.59. The van der Waals surface area contributed by atoms with Crippen molar-refractivity contribution in [2.45, 2.75) is 23.6 Å². The maximum absolute atomic E-state index is 14.1. The zero-order chi connectivity index (χ0) is 24.5. The molecule has 32 heavy (non-hydrogen) atoms. The molecule has 1 aromatic carbocycles. The number of anilines is 1. The van der Waals surface area contributed by atoms with E-state index in [1.54, 1.807) is 5.32 Å². The minimum atomic E-state index is -4.96. The van der Waals surface area contributed by atoms with Gasteiger partial charge in [0.2, 0.25) is 5.95 Å². The maximum atomic E-state index is 14.1. The normalized spacial score (nSPS) is 13.8. The van der Waals surface area contributed by atoms with Crippen molar-refractivity contribution in [3.05, 3.63) is 41.5 Å². The largest absolute Gasteiger partial charge is 0.432 e. The summed E-state index contributed by atoms with van der Waals surface area (Å²) in [5, 5.41) is 14.3. The van der Waals surface area contributed by atoms with Gasteiger partial charge < -0.3 is 10.4 Å². The number of sulfone groups is 1. The van der Waals surface area contributed by atoms with E-state index < -0.39 is 72.6 Å². The van der Waals surface area contributed by atoms with Gasteiger partial charge in [0.15, 0.2) is 15.4 Å². The van der Waals surface area contributed by atoms with Crippen LogP contribution in [0.3, 0.4) is 0 Å². The van der Waals surface area contributed by atoms with Crippen molar-refractivity contribution in [1.29, 1.82) is 0 Å². The van der Waals surface area contributed by atoms with Crippen molar-refractivity contribution in [2.75, 3.05) is 18.1 Å². The molecule has 170 valence electrons. The van der Waals surface area contributed by atoms with Gasteiger partial charge in [-0.1, -0.05) is 0 Å². The molecule has 0 spiro atoms. The molecule has 9 nitrogen and oxygen atoms in total. The van der Waals surface area contributed by atoms with E-state index >= 15 is 0 Å². The molecule has 2 radical (unpaired) electrons. The zero-order valence-corrected chi connectivity index (χ0v) is 17.3. The van der Waals surface area contributed by atoms with E-state index in [0.717, 1.165) is 19.1 Å². The number of rotatable bonds is 6. The second-order valence-corrected chi connectivity index (χ2v) is 8.69. The summed E-state index contributed by atoms with van der Waals surface area (Å²) in [4.78, 5) is 29.6. The molecule has 0 aliphatic carbocycles. The summed E-state index contributed by atoms with van der Waals surface area (Å²) in [6, 6.07) is 2.33. The fourth-order valence-electron chi connectivity index (χ4n) is 2.44. The van der Waals surface area contributed by atoms with Crippen molar-refractivity contribution in [2.24, 2.45) is 0 Å². The van der Waals surface area contributed by atoms with Crippen LogP contribution in [0.15, 0.2) is 29.3 Å². The van der Waals surface area contributed by atoms with Crippen LogP contribution in [0.5, 0.6) is 0 Å². The number of hydrogen-bond donors (Lipinski definition) is 3. The summed E-state index contributed by atoms with van der Waals surface area (Å²) >= 11 is 0. The Labute approximate surface area is 180 Å². The van der Waals surface area contributed by atoms with Gasteiger partial charge in [-0.05, 0) is 30.6 Å². The van der Waals surface area contributed by atoms with E-state index in [9.17, 15) is 40.7 Å². The van der Waals surface area contributed by atoms with Crippen molar-refractivity contribution in [1.82, 2.24) is 15.3 Å². The van der Waals surface area contributed by atoms with E-state index in [2.05, 4.69) is 15.3 Å². The van der Waals surface area contributed by atoms with Gasteiger partial charge in [0.1, 0.15) is 19.4 Å². The van der Waals surface area contributed by atoms with Crippen LogP contribution in [0.4, 0.5) is 23.5 Å². The van der Waals surface area contributed by atoms with E-state index in [4.69, 9.17) is 7.85 Å². The Morgan fingerprint density at radius 1 is 1.25 bits per heavy atom. The molecule has 1 heterocycles. The number of benzene rings is 1. The van der Waals surface area contributed by atoms with Gasteiger partial charge in [0, 0.05) is 13.2 Å². The van der Waals surface area contributed by atoms with E-state index in [1.807, 2.05) is 0 Å². The first-order valence-electron chi connectivity index (χ1n) is 8.56. The predicted octanol–water partition coefficient (Wildman–Crippen LogP) is -0.0487. The van der Waals surface area contributed by atoms with Gasteiger partial charge in [-0.15, -0.1) is 0 Å². The second-order valence-electron chi connectivity index (χ2n) is 6.70. The minimum absolute atomic E-state index is 0.433. The molecule has 3 N–H and O–H groups in total. The lowest BCUT2D eigenvalue weighted by Gasteiger charge is -2.22.